The number of rotatable bonds is 5. The van der Waals surface area contributed by atoms with Gasteiger partial charge < -0.3 is 24.1 Å². The molecule has 168 valence electrons. The van der Waals surface area contributed by atoms with Crippen molar-refractivity contribution in [1.82, 2.24) is 10.3 Å². The van der Waals surface area contributed by atoms with Crippen LogP contribution < -0.4 is 19.7 Å². The Morgan fingerprint density at radius 3 is 2.56 bits per heavy atom. The van der Waals surface area contributed by atoms with Gasteiger partial charge in [-0.05, 0) is 48.6 Å². The van der Waals surface area contributed by atoms with Crippen molar-refractivity contribution in [2.75, 3.05) is 31.2 Å². The molecule has 1 saturated heterocycles. The lowest BCUT2D eigenvalue weighted by Gasteiger charge is -2.32. The number of nitrogens with one attached hydrogen (secondary N) is 1. The molecule has 0 aliphatic carbocycles. The van der Waals surface area contributed by atoms with Crippen LogP contribution in [0.1, 0.15) is 38.3 Å². The molecular formula is C25H29N3O4. The highest BCUT2D eigenvalue weighted by molar-refractivity contribution is 5.79. The highest BCUT2D eigenvalue weighted by atomic mass is 16.6. The summed E-state index contributed by atoms with van der Waals surface area (Å²) in [7, 11) is 0. The van der Waals surface area contributed by atoms with E-state index in [1.54, 1.807) is 0 Å². The van der Waals surface area contributed by atoms with Gasteiger partial charge in [-0.3, -0.25) is 4.79 Å². The monoisotopic (exact) mass is 435 g/mol. The molecule has 1 amide bonds. The number of piperidine rings is 1. The number of ether oxygens (including phenoxy) is 2. The summed E-state index contributed by atoms with van der Waals surface area (Å²) in [6.45, 7) is 6.87. The normalized spacial score (nSPS) is 17.5. The van der Waals surface area contributed by atoms with Crippen LogP contribution in [0.3, 0.4) is 0 Å². The van der Waals surface area contributed by atoms with Crippen molar-refractivity contribution in [3.8, 4) is 11.5 Å². The number of hydrogen-bond donors (Lipinski definition) is 1. The fourth-order valence-electron chi connectivity index (χ4n) is 4.49. The molecule has 0 radical (unpaired) electrons. The number of oxazole rings is 1. The largest absolute Gasteiger partial charge is 0.486 e. The zero-order chi connectivity index (χ0) is 22.1. The van der Waals surface area contributed by atoms with Crippen molar-refractivity contribution in [3.63, 3.8) is 0 Å². The first-order chi connectivity index (χ1) is 15.6. The highest BCUT2D eigenvalue weighted by Crippen LogP contribution is 2.35. The van der Waals surface area contributed by atoms with Crippen LogP contribution >= 0.6 is 0 Å². The summed E-state index contributed by atoms with van der Waals surface area (Å²) in [6.07, 6.45) is 1.55. The Bertz CT molecular complexity index is 1070. The number of carbonyl (C=O) groups is 1. The van der Waals surface area contributed by atoms with E-state index in [9.17, 15) is 4.79 Å². The number of amides is 1. The van der Waals surface area contributed by atoms with Crippen LogP contribution in [0.25, 0.3) is 11.1 Å². The van der Waals surface area contributed by atoms with Gasteiger partial charge in [-0.1, -0.05) is 32.0 Å². The first kappa shape index (κ1) is 20.7. The number of para-hydroxylation sites is 2. The minimum atomic E-state index is -0.0756. The summed E-state index contributed by atoms with van der Waals surface area (Å²) in [5.41, 5.74) is 2.70. The van der Waals surface area contributed by atoms with Crippen LogP contribution in [0.4, 0.5) is 6.01 Å². The van der Waals surface area contributed by atoms with E-state index in [-0.39, 0.29) is 23.8 Å². The fraction of sp³-hybridized carbons (Fsp3) is 0.440. The van der Waals surface area contributed by atoms with Gasteiger partial charge in [0, 0.05) is 19.0 Å². The summed E-state index contributed by atoms with van der Waals surface area (Å²) in [6, 6.07) is 14.3. The van der Waals surface area contributed by atoms with Gasteiger partial charge in [0.05, 0.1) is 6.04 Å². The van der Waals surface area contributed by atoms with E-state index in [2.05, 4.69) is 29.0 Å². The van der Waals surface area contributed by atoms with E-state index in [0.29, 0.717) is 19.2 Å². The SMILES string of the molecule is CC(C)[C@@H](NC(=O)C1CCN(c2nc3ccccc3o2)CC1)c1ccc2c(c1)OCCO2. The van der Waals surface area contributed by atoms with Gasteiger partial charge in [-0.25, -0.2) is 0 Å². The average Bonchev–Trinajstić information content (AvgIpc) is 3.26. The smallest absolute Gasteiger partial charge is 0.298 e. The number of nitrogens with zero attached hydrogens (tertiary/aromatic N) is 2. The number of benzene rings is 2. The molecule has 2 aromatic carbocycles. The molecule has 3 aromatic rings. The van der Waals surface area contributed by atoms with Crippen LogP contribution in [-0.2, 0) is 4.79 Å². The summed E-state index contributed by atoms with van der Waals surface area (Å²) in [5, 5.41) is 3.29. The molecule has 0 saturated carbocycles. The average molecular weight is 436 g/mol. The zero-order valence-electron chi connectivity index (χ0n) is 18.5. The Balaban J connectivity index is 1.23. The Morgan fingerprint density at radius 1 is 1.06 bits per heavy atom. The molecule has 0 spiro atoms. The molecule has 5 rings (SSSR count). The summed E-state index contributed by atoms with van der Waals surface area (Å²) in [4.78, 5) is 19.9. The number of carbonyl (C=O) groups excluding carboxylic acids is 1. The van der Waals surface area contributed by atoms with E-state index >= 15 is 0 Å². The number of aromatic nitrogens is 1. The van der Waals surface area contributed by atoms with Gasteiger partial charge in [0.25, 0.3) is 6.01 Å². The van der Waals surface area contributed by atoms with E-state index < -0.39 is 0 Å². The van der Waals surface area contributed by atoms with Gasteiger partial charge in [-0.15, -0.1) is 0 Å². The molecule has 2 aliphatic heterocycles. The maximum absolute atomic E-state index is 13.1. The van der Waals surface area contributed by atoms with Crippen molar-refractivity contribution in [3.05, 3.63) is 48.0 Å². The number of fused-ring (bicyclic) bond motifs is 2. The van der Waals surface area contributed by atoms with Crippen LogP contribution in [0, 0.1) is 11.8 Å². The predicted molar refractivity (Wildman–Crippen MR) is 122 cm³/mol. The second-order valence-corrected chi connectivity index (χ2v) is 8.86. The minimum absolute atomic E-state index is 0.0194. The summed E-state index contributed by atoms with van der Waals surface area (Å²) >= 11 is 0. The third kappa shape index (κ3) is 4.11. The Hall–Kier alpha value is -3.22. The third-order valence-corrected chi connectivity index (χ3v) is 6.31. The van der Waals surface area contributed by atoms with E-state index in [1.165, 1.54) is 0 Å². The molecule has 1 fully saturated rings. The molecule has 1 N–H and O–H groups in total. The Morgan fingerprint density at radius 2 is 1.81 bits per heavy atom. The van der Waals surface area contributed by atoms with Gasteiger partial charge in [0.15, 0.2) is 17.1 Å². The lowest BCUT2D eigenvalue weighted by Crippen LogP contribution is -2.42. The summed E-state index contributed by atoms with van der Waals surface area (Å²) < 4.78 is 17.3. The molecule has 7 heteroatoms. The second kappa shape index (κ2) is 8.73. The molecular weight excluding hydrogens is 406 g/mol. The van der Waals surface area contributed by atoms with Gasteiger partial charge >= 0.3 is 0 Å². The molecule has 1 aromatic heterocycles. The van der Waals surface area contributed by atoms with Crippen molar-refractivity contribution < 1.29 is 18.7 Å². The predicted octanol–water partition coefficient (Wildman–Crippen LogP) is 4.33. The maximum atomic E-state index is 13.1. The van der Waals surface area contributed by atoms with Crippen LogP contribution in [0.5, 0.6) is 11.5 Å². The minimum Gasteiger partial charge on any atom is -0.486 e. The zero-order valence-corrected chi connectivity index (χ0v) is 18.5. The molecule has 32 heavy (non-hydrogen) atoms. The third-order valence-electron chi connectivity index (χ3n) is 6.31. The van der Waals surface area contributed by atoms with Crippen LogP contribution in [-0.4, -0.2) is 37.2 Å². The topological polar surface area (TPSA) is 76.8 Å². The van der Waals surface area contributed by atoms with E-state index in [1.807, 2.05) is 42.5 Å². The van der Waals surface area contributed by atoms with Crippen LogP contribution in [0.15, 0.2) is 46.9 Å². The standard InChI is InChI=1S/C25H29N3O4/c1-16(2)23(18-7-8-21-22(15-18)31-14-13-30-21)27-24(29)17-9-11-28(12-10-17)25-26-19-5-3-4-6-20(19)32-25/h3-8,15-17,23H,9-14H2,1-2H3,(H,27,29)/t23-/m1/s1. The van der Waals surface area contributed by atoms with Crippen LogP contribution in [0.2, 0.25) is 0 Å². The maximum Gasteiger partial charge on any atom is 0.298 e. The molecule has 0 bridgehead atoms. The first-order valence-corrected chi connectivity index (χ1v) is 11.4. The highest BCUT2D eigenvalue weighted by Gasteiger charge is 2.30. The molecule has 1 atom stereocenters. The van der Waals surface area contributed by atoms with Gasteiger partial charge in [0.2, 0.25) is 5.91 Å². The Kier molecular flexibility index (Phi) is 5.64. The molecule has 2 aliphatic rings. The van der Waals surface area contributed by atoms with Crippen molar-refractivity contribution >= 4 is 23.0 Å². The van der Waals surface area contributed by atoms with Crippen molar-refractivity contribution in [2.45, 2.75) is 32.7 Å². The molecule has 0 unspecified atom stereocenters. The van der Waals surface area contributed by atoms with Crippen molar-refractivity contribution in [2.24, 2.45) is 11.8 Å². The summed E-state index contributed by atoms with van der Waals surface area (Å²) in [5.74, 6) is 1.85. The quantitative estimate of drug-likeness (QED) is 0.643. The second-order valence-electron chi connectivity index (χ2n) is 8.86. The number of anilines is 1. The van der Waals surface area contributed by atoms with E-state index in [0.717, 1.165) is 54.1 Å². The lowest BCUT2D eigenvalue weighted by molar-refractivity contribution is -0.126. The first-order valence-electron chi connectivity index (χ1n) is 11.4. The lowest BCUT2D eigenvalue weighted by atomic mass is 9.92. The van der Waals surface area contributed by atoms with Crippen molar-refractivity contribution in [1.29, 1.82) is 0 Å². The van der Waals surface area contributed by atoms with E-state index in [4.69, 9.17) is 13.9 Å². The number of hydrogen-bond acceptors (Lipinski definition) is 6. The van der Waals surface area contributed by atoms with Gasteiger partial charge in [0.1, 0.15) is 18.7 Å². The molecule has 3 heterocycles. The Labute approximate surface area is 187 Å². The van der Waals surface area contributed by atoms with Gasteiger partial charge in [-0.2, -0.15) is 4.98 Å². The fourth-order valence-corrected chi connectivity index (χ4v) is 4.49. The molecule has 7 nitrogen and oxygen atoms in total.